The van der Waals surface area contributed by atoms with E-state index in [4.69, 9.17) is 11.6 Å². The van der Waals surface area contributed by atoms with E-state index in [1.165, 1.54) is 0 Å². The van der Waals surface area contributed by atoms with Crippen molar-refractivity contribution in [2.24, 2.45) is 0 Å². The van der Waals surface area contributed by atoms with Crippen molar-refractivity contribution in [3.8, 4) is 0 Å². The maximum atomic E-state index is 11.9. The number of hydrogen-bond donors (Lipinski definition) is 1. The summed E-state index contributed by atoms with van der Waals surface area (Å²) in [7, 11) is -4.00. The summed E-state index contributed by atoms with van der Waals surface area (Å²) < 4.78 is 29.3. The molecule has 0 aliphatic heterocycles. The SMILES string of the molecule is O=[N+]([O-])c1cc(S(=O)(=O)Nc2nnns2)ccc1Cl. The van der Waals surface area contributed by atoms with Gasteiger partial charge in [-0.25, -0.2) is 8.42 Å². The first kappa shape index (κ1) is 13.6. The molecule has 0 atom stereocenters. The Kier molecular flexibility index (Phi) is 3.59. The third kappa shape index (κ3) is 2.94. The van der Waals surface area contributed by atoms with E-state index in [0.717, 1.165) is 29.7 Å². The van der Waals surface area contributed by atoms with Gasteiger partial charge in [0, 0.05) is 17.6 Å². The van der Waals surface area contributed by atoms with E-state index in [1.807, 2.05) is 0 Å². The Labute approximate surface area is 115 Å². The Balaban J connectivity index is 2.41. The van der Waals surface area contributed by atoms with E-state index in [9.17, 15) is 18.5 Å². The van der Waals surface area contributed by atoms with Crippen LogP contribution in [0.3, 0.4) is 0 Å². The minimum absolute atomic E-state index is 0.0439. The van der Waals surface area contributed by atoms with Crippen LogP contribution in [0.1, 0.15) is 0 Å². The van der Waals surface area contributed by atoms with Gasteiger partial charge in [0.1, 0.15) is 5.02 Å². The predicted molar refractivity (Wildman–Crippen MR) is 66.6 cm³/mol. The van der Waals surface area contributed by atoms with Gasteiger partial charge in [-0.1, -0.05) is 21.2 Å². The monoisotopic (exact) mass is 321 g/mol. The normalized spacial score (nSPS) is 11.2. The molecular formula is C7H4ClN5O4S2. The van der Waals surface area contributed by atoms with Gasteiger partial charge in [-0.3, -0.25) is 14.8 Å². The van der Waals surface area contributed by atoms with Gasteiger partial charge in [-0.2, -0.15) is 0 Å². The Morgan fingerprint density at radius 2 is 2.16 bits per heavy atom. The van der Waals surface area contributed by atoms with Crippen LogP contribution < -0.4 is 4.72 Å². The highest BCUT2D eigenvalue weighted by atomic mass is 35.5. The average molecular weight is 322 g/mol. The van der Waals surface area contributed by atoms with E-state index < -0.39 is 20.6 Å². The Hall–Kier alpha value is -1.85. The first-order valence-electron chi connectivity index (χ1n) is 4.52. The van der Waals surface area contributed by atoms with Crippen molar-refractivity contribution in [3.05, 3.63) is 33.3 Å². The van der Waals surface area contributed by atoms with Crippen LogP contribution in [0.5, 0.6) is 0 Å². The van der Waals surface area contributed by atoms with Crippen molar-refractivity contribution in [2.75, 3.05) is 4.72 Å². The zero-order valence-electron chi connectivity index (χ0n) is 8.85. The zero-order valence-corrected chi connectivity index (χ0v) is 11.2. The quantitative estimate of drug-likeness (QED) is 0.663. The first-order valence-corrected chi connectivity index (χ1v) is 7.15. The zero-order chi connectivity index (χ0) is 14.0. The lowest BCUT2D eigenvalue weighted by Gasteiger charge is -2.04. The van der Waals surface area contributed by atoms with Crippen LogP contribution in [0, 0.1) is 10.1 Å². The van der Waals surface area contributed by atoms with Gasteiger partial charge in [0.15, 0.2) is 0 Å². The van der Waals surface area contributed by atoms with Gasteiger partial charge in [0.2, 0.25) is 5.13 Å². The number of nitro groups is 1. The van der Waals surface area contributed by atoms with Gasteiger partial charge in [-0.15, -0.1) is 0 Å². The molecule has 1 N–H and O–H groups in total. The fraction of sp³-hybridized carbons (Fsp3) is 0. The summed E-state index contributed by atoms with van der Waals surface area (Å²) in [5.41, 5.74) is -0.500. The lowest BCUT2D eigenvalue weighted by Crippen LogP contribution is -2.13. The van der Waals surface area contributed by atoms with Crippen LogP contribution in [0.15, 0.2) is 23.1 Å². The van der Waals surface area contributed by atoms with Crippen molar-refractivity contribution in [3.63, 3.8) is 0 Å². The summed E-state index contributed by atoms with van der Waals surface area (Å²) in [6, 6.07) is 3.14. The van der Waals surface area contributed by atoms with E-state index >= 15 is 0 Å². The molecule has 0 saturated carbocycles. The number of benzene rings is 1. The molecule has 2 rings (SSSR count). The molecule has 1 aromatic heterocycles. The second kappa shape index (κ2) is 5.03. The molecule has 0 spiro atoms. The number of nitrogens with one attached hydrogen (secondary N) is 1. The molecule has 0 bridgehead atoms. The van der Waals surface area contributed by atoms with Crippen LogP contribution in [0.4, 0.5) is 10.8 Å². The summed E-state index contributed by atoms with van der Waals surface area (Å²) in [5, 5.41) is 17.1. The highest BCUT2D eigenvalue weighted by Crippen LogP contribution is 2.27. The molecule has 12 heteroatoms. The van der Waals surface area contributed by atoms with Crippen molar-refractivity contribution in [2.45, 2.75) is 4.90 Å². The van der Waals surface area contributed by atoms with Crippen LogP contribution in [-0.2, 0) is 10.0 Å². The number of halogens is 1. The molecule has 0 radical (unpaired) electrons. The Morgan fingerprint density at radius 1 is 1.42 bits per heavy atom. The molecule has 2 aromatic rings. The van der Waals surface area contributed by atoms with Crippen LogP contribution in [-0.4, -0.2) is 28.1 Å². The van der Waals surface area contributed by atoms with Gasteiger partial charge in [0.25, 0.3) is 15.7 Å². The topological polar surface area (TPSA) is 128 Å². The second-order valence-electron chi connectivity index (χ2n) is 3.14. The molecule has 1 heterocycles. The predicted octanol–water partition coefficient (Wildman–Crippen LogP) is 1.30. The van der Waals surface area contributed by atoms with Crippen molar-refractivity contribution >= 4 is 44.0 Å². The molecular weight excluding hydrogens is 318 g/mol. The van der Waals surface area contributed by atoms with E-state index in [0.29, 0.717) is 0 Å². The fourth-order valence-corrected chi connectivity index (χ4v) is 2.94. The maximum Gasteiger partial charge on any atom is 0.289 e. The van der Waals surface area contributed by atoms with Crippen LogP contribution in [0.25, 0.3) is 0 Å². The molecule has 1 aromatic carbocycles. The molecule has 9 nitrogen and oxygen atoms in total. The van der Waals surface area contributed by atoms with Gasteiger partial charge in [-0.05, 0) is 17.3 Å². The number of rotatable bonds is 4. The number of nitro benzene ring substituents is 1. The largest absolute Gasteiger partial charge is 0.289 e. The number of hydrogen-bond acceptors (Lipinski definition) is 8. The lowest BCUT2D eigenvalue weighted by molar-refractivity contribution is -0.384. The molecule has 0 amide bonds. The van der Waals surface area contributed by atoms with E-state index in [1.54, 1.807) is 0 Å². The minimum Gasteiger partial charge on any atom is -0.258 e. The maximum absolute atomic E-state index is 11.9. The van der Waals surface area contributed by atoms with Gasteiger partial charge < -0.3 is 0 Å². The van der Waals surface area contributed by atoms with Gasteiger partial charge in [0.05, 0.1) is 9.82 Å². The molecule has 0 unspecified atom stereocenters. The smallest absolute Gasteiger partial charge is 0.258 e. The highest BCUT2D eigenvalue weighted by Gasteiger charge is 2.21. The van der Waals surface area contributed by atoms with E-state index in [2.05, 4.69) is 19.5 Å². The number of sulfonamides is 1. The molecule has 0 saturated heterocycles. The number of anilines is 1. The second-order valence-corrected chi connectivity index (χ2v) is 5.97. The number of nitrogens with zero attached hydrogens (tertiary/aromatic N) is 4. The highest BCUT2D eigenvalue weighted by molar-refractivity contribution is 7.93. The third-order valence-electron chi connectivity index (χ3n) is 1.95. The number of aromatic nitrogens is 3. The summed E-state index contributed by atoms with van der Waals surface area (Å²) in [5.74, 6) is 0. The van der Waals surface area contributed by atoms with Crippen LogP contribution >= 0.6 is 23.1 Å². The Bertz CT molecular complexity index is 717. The lowest BCUT2D eigenvalue weighted by atomic mass is 10.3. The standard InChI is InChI=1S/C7H4ClN5O4S2/c8-5-2-1-4(3-6(5)13(14)15)19(16,17)10-7-9-11-12-18-7/h1-3H,(H,9,10,12). The minimum atomic E-state index is -4.00. The summed E-state index contributed by atoms with van der Waals surface area (Å²) >= 11 is 6.33. The Morgan fingerprint density at radius 3 is 2.74 bits per heavy atom. The van der Waals surface area contributed by atoms with Gasteiger partial charge >= 0.3 is 0 Å². The third-order valence-corrected chi connectivity index (χ3v) is 4.24. The van der Waals surface area contributed by atoms with E-state index in [-0.39, 0.29) is 15.0 Å². The van der Waals surface area contributed by atoms with Crippen molar-refractivity contribution in [1.29, 1.82) is 0 Å². The first-order chi connectivity index (χ1) is 8.90. The summed E-state index contributed by atoms with van der Waals surface area (Å²) in [6.45, 7) is 0. The molecule has 100 valence electrons. The fourth-order valence-electron chi connectivity index (χ4n) is 1.15. The molecule has 0 fully saturated rings. The van der Waals surface area contributed by atoms with Crippen LogP contribution in [0.2, 0.25) is 5.02 Å². The van der Waals surface area contributed by atoms with Crippen molar-refractivity contribution in [1.82, 2.24) is 14.8 Å². The summed E-state index contributed by atoms with van der Waals surface area (Å²) in [6.07, 6.45) is 0. The summed E-state index contributed by atoms with van der Waals surface area (Å²) in [4.78, 5) is 9.62. The van der Waals surface area contributed by atoms with Crippen molar-refractivity contribution < 1.29 is 13.3 Å². The molecule has 0 aliphatic carbocycles. The molecule has 19 heavy (non-hydrogen) atoms. The average Bonchev–Trinajstić information content (AvgIpc) is 2.80. The molecule has 0 aliphatic rings.